The third-order valence-electron chi connectivity index (χ3n) is 6.35. The van der Waals surface area contributed by atoms with Crippen molar-refractivity contribution in [2.45, 2.75) is 51.7 Å². The second-order valence-corrected chi connectivity index (χ2v) is 12.6. The molecule has 4 atom stereocenters. The van der Waals surface area contributed by atoms with Crippen molar-refractivity contribution in [3.63, 3.8) is 0 Å². The maximum absolute atomic E-state index is 12.1. The topological polar surface area (TPSA) is 43.4 Å². The molecule has 0 saturated heterocycles. The molecule has 3 nitrogen and oxygen atoms in total. The highest BCUT2D eigenvalue weighted by Crippen LogP contribution is 2.58. The number of carbonyl (C=O) groups excluding carboxylic acids is 2. The monoisotopic (exact) mass is 346 g/mol. The summed E-state index contributed by atoms with van der Waals surface area (Å²) in [6.45, 7) is 9.09. The van der Waals surface area contributed by atoms with Crippen molar-refractivity contribution in [1.82, 2.24) is 0 Å². The Morgan fingerprint density at radius 1 is 1.33 bits per heavy atom. The van der Waals surface area contributed by atoms with E-state index in [1.165, 1.54) is 12.3 Å². The molecule has 0 aromatic heterocycles. The molecular formula is C20H30O3Si. The Morgan fingerprint density at radius 3 is 2.46 bits per heavy atom. The number of methoxy groups -OCH3 is 1. The van der Waals surface area contributed by atoms with Crippen LogP contribution in [0.15, 0.2) is 30.3 Å². The van der Waals surface area contributed by atoms with E-state index in [-0.39, 0.29) is 11.9 Å². The molecule has 1 aromatic rings. The summed E-state index contributed by atoms with van der Waals surface area (Å²) >= 11 is 0. The predicted molar refractivity (Wildman–Crippen MR) is 100 cm³/mol. The first-order chi connectivity index (χ1) is 11.3. The van der Waals surface area contributed by atoms with E-state index < -0.39 is 13.5 Å². The summed E-state index contributed by atoms with van der Waals surface area (Å²) in [5, 5.41) is 1.40. The maximum atomic E-state index is 12.1. The first-order valence-corrected chi connectivity index (χ1v) is 12.0. The van der Waals surface area contributed by atoms with E-state index in [4.69, 9.17) is 4.74 Å². The zero-order chi connectivity index (χ0) is 18.0. The van der Waals surface area contributed by atoms with Crippen LogP contribution in [-0.2, 0) is 14.3 Å². The summed E-state index contributed by atoms with van der Waals surface area (Å²) in [6, 6.07) is 10.6. The summed E-state index contributed by atoms with van der Waals surface area (Å²) in [7, 11) is -0.406. The van der Waals surface area contributed by atoms with Crippen LogP contribution in [0.1, 0.15) is 33.1 Å². The van der Waals surface area contributed by atoms with E-state index in [0.717, 1.165) is 19.1 Å². The number of hydrogen-bond donors (Lipinski definition) is 0. The fourth-order valence-electron chi connectivity index (χ4n) is 5.12. The lowest BCUT2D eigenvalue weighted by molar-refractivity contribution is -0.143. The summed E-state index contributed by atoms with van der Waals surface area (Å²) < 4.78 is 4.96. The van der Waals surface area contributed by atoms with Crippen LogP contribution in [0.5, 0.6) is 0 Å². The molecule has 0 N–H and O–H groups in total. The molecule has 1 aromatic carbocycles. The molecule has 0 spiro atoms. The third-order valence-corrected chi connectivity index (χ3v) is 10.8. The van der Waals surface area contributed by atoms with Crippen molar-refractivity contribution in [3.8, 4) is 0 Å². The molecule has 1 fully saturated rings. The van der Waals surface area contributed by atoms with Crippen molar-refractivity contribution < 1.29 is 14.3 Å². The molecule has 1 aliphatic carbocycles. The van der Waals surface area contributed by atoms with Crippen molar-refractivity contribution in [2.75, 3.05) is 7.11 Å². The van der Waals surface area contributed by atoms with Crippen LogP contribution in [0.2, 0.25) is 18.6 Å². The standard InChI is InChI=1S/C20H30O3Si/c1-6-20(14-21)13-15(2)19(17(20)12-18(22)23-3)24(4,5)16-10-8-7-9-11-16/h7-11,14-15,17,19H,6,12-13H2,1-5H3/t15-,17-,19+,20-/m1/s1. The van der Waals surface area contributed by atoms with E-state index >= 15 is 0 Å². The molecule has 24 heavy (non-hydrogen) atoms. The van der Waals surface area contributed by atoms with E-state index in [1.54, 1.807) is 0 Å². The quantitative estimate of drug-likeness (QED) is 0.447. The highest BCUT2D eigenvalue weighted by Gasteiger charge is 2.56. The second-order valence-electron chi connectivity index (χ2n) is 7.89. The summed E-state index contributed by atoms with van der Waals surface area (Å²) in [5.74, 6) is 0.313. The first-order valence-electron chi connectivity index (χ1n) is 8.91. The Morgan fingerprint density at radius 2 is 1.96 bits per heavy atom. The third kappa shape index (κ3) is 3.21. The lowest BCUT2D eigenvalue weighted by atomic mass is 9.75. The van der Waals surface area contributed by atoms with Gasteiger partial charge in [-0.15, -0.1) is 0 Å². The highest BCUT2D eigenvalue weighted by molar-refractivity contribution is 6.91. The molecule has 0 unspecified atom stereocenters. The number of aldehydes is 1. The molecule has 0 amide bonds. The van der Waals surface area contributed by atoms with Gasteiger partial charge < -0.3 is 9.53 Å². The molecule has 0 bridgehead atoms. The molecule has 0 aliphatic heterocycles. The van der Waals surface area contributed by atoms with Gasteiger partial charge >= 0.3 is 5.97 Å². The van der Waals surface area contributed by atoms with E-state index in [1.807, 2.05) is 6.07 Å². The van der Waals surface area contributed by atoms with Gasteiger partial charge in [-0.1, -0.05) is 62.5 Å². The minimum Gasteiger partial charge on any atom is -0.469 e. The van der Waals surface area contributed by atoms with Crippen LogP contribution >= 0.6 is 0 Å². The zero-order valence-corrected chi connectivity index (χ0v) is 16.5. The summed E-state index contributed by atoms with van der Waals surface area (Å²) in [5.41, 5.74) is 0.00119. The van der Waals surface area contributed by atoms with Gasteiger partial charge in [0.25, 0.3) is 0 Å². The number of esters is 1. The van der Waals surface area contributed by atoms with Gasteiger partial charge in [0.1, 0.15) is 6.29 Å². The van der Waals surface area contributed by atoms with Gasteiger partial charge in [0.05, 0.1) is 15.2 Å². The van der Waals surface area contributed by atoms with Gasteiger partial charge in [0, 0.05) is 11.8 Å². The van der Waals surface area contributed by atoms with Gasteiger partial charge in [-0.05, 0) is 30.2 Å². The van der Waals surface area contributed by atoms with Crippen molar-refractivity contribution in [3.05, 3.63) is 30.3 Å². The second kappa shape index (κ2) is 7.22. The van der Waals surface area contributed by atoms with Gasteiger partial charge in [0.2, 0.25) is 0 Å². The lowest BCUT2D eigenvalue weighted by Crippen LogP contribution is -2.50. The van der Waals surface area contributed by atoms with Gasteiger partial charge in [-0.25, -0.2) is 0 Å². The Hall–Kier alpha value is -1.42. The van der Waals surface area contributed by atoms with Crippen LogP contribution in [0, 0.1) is 17.3 Å². The fourth-order valence-corrected chi connectivity index (χ4v) is 9.56. The van der Waals surface area contributed by atoms with E-state index in [9.17, 15) is 9.59 Å². The number of benzene rings is 1. The normalized spacial score (nSPS) is 30.1. The molecular weight excluding hydrogens is 316 g/mol. The number of hydrogen-bond acceptors (Lipinski definition) is 3. The van der Waals surface area contributed by atoms with Crippen molar-refractivity contribution >= 4 is 25.5 Å². The van der Waals surface area contributed by atoms with E-state index in [0.29, 0.717) is 17.9 Å². The molecule has 1 aliphatic rings. The molecule has 4 heteroatoms. The van der Waals surface area contributed by atoms with Crippen LogP contribution < -0.4 is 5.19 Å². The molecule has 1 saturated carbocycles. The van der Waals surface area contributed by atoms with Crippen LogP contribution in [0.4, 0.5) is 0 Å². The lowest BCUT2D eigenvalue weighted by Gasteiger charge is -2.39. The summed E-state index contributed by atoms with van der Waals surface area (Å²) in [4.78, 5) is 24.1. The molecule has 0 heterocycles. The number of carbonyl (C=O) groups is 2. The predicted octanol–water partition coefficient (Wildman–Crippen LogP) is 3.79. The average Bonchev–Trinajstić information content (AvgIpc) is 2.88. The smallest absolute Gasteiger partial charge is 0.305 e. The Kier molecular flexibility index (Phi) is 5.69. The highest BCUT2D eigenvalue weighted by atomic mass is 28.3. The van der Waals surface area contributed by atoms with Crippen LogP contribution in [0.25, 0.3) is 0 Å². The Labute approximate surface area is 146 Å². The maximum Gasteiger partial charge on any atom is 0.305 e. The van der Waals surface area contributed by atoms with Crippen molar-refractivity contribution in [1.29, 1.82) is 0 Å². The molecule has 2 rings (SSSR count). The average molecular weight is 347 g/mol. The minimum atomic E-state index is -1.84. The van der Waals surface area contributed by atoms with Crippen LogP contribution in [0.3, 0.4) is 0 Å². The fraction of sp³-hybridized carbons (Fsp3) is 0.600. The Bertz CT molecular complexity index is 584. The molecule has 132 valence electrons. The van der Waals surface area contributed by atoms with Crippen LogP contribution in [-0.4, -0.2) is 27.4 Å². The van der Waals surface area contributed by atoms with E-state index in [2.05, 4.69) is 51.2 Å². The minimum absolute atomic E-state index is 0.0734. The van der Waals surface area contributed by atoms with Crippen molar-refractivity contribution in [2.24, 2.45) is 17.3 Å². The number of rotatable bonds is 6. The van der Waals surface area contributed by atoms with Gasteiger partial charge in [-0.3, -0.25) is 4.79 Å². The zero-order valence-electron chi connectivity index (χ0n) is 15.5. The summed E-state index contributed by atoms with van der Waals surface area (Å²) in [6.07, 6.45) is 3.15. The SMILES string of the molecule is CC[C@]1(C=O)C[C@@H](C)[C@H]([Si](C)(C)c2ccccc2)[C@H]1CC(=O)OC. The van der Waals surface area contributed by atoms with Gasteiger partial charge in [-0.2, -0.15) is 0 Å². The number of ether oxygens (including phenoxy) is 1. The van der Waals surface area contributed by atoms with Gasteiger partial charge in [0.15, 0.2) is 0 Å². The largest absolute Gasteiger partial charge is 0.469 e. The first kappa shape index (κ1) is 18.9. The molecule has 0 radical (unpaired) electrons. The Balaban J connectivity index is 2.48.